The van der Waals surface area contributed by atoms with Gasteiger partial charge >= 0.3 is 6.09 Å². The lowest BCUT2D eigenvalue weighted by molar-refractivity contribution is 0.00836. The van der Waals surface area contributed by atoms with Crippen LogP contribution in [0.25, 0.3) is 22.6 Å². The summed E-state index contributed by atoms with van der Waals surface area (Å²) in [6.07, 6.45) is -0.251. The van der Waals surface area contributed by atoms with E-state index in [9.17, 15) is 4.79 Å². The minimum atomic E-state index is -0.500. The second kappa shape index (κ2) is 8.04. The van der Waals surface area contributed by atoms with E-state index in [4.69, 9.17) is 19.4 Å². The standard InChI is InChI=1S/C23H29N5O3S/c1-14-11-27(9-10-28(14)22(29)31-23(2,3)4)21-18(26-20(32-21)15-12-30-13-15)19-24-16-7-5-6-8-17(16)25-19/h5-8,14-15H,9-13H2,1-4H3,(H,24,25)/t14-/m1/s1. The van der Waals surface area contributed by atoms with Crippen molar-refractivity contribution in [1.82, 2.24) is 19.9 Å². The van der Waals surface area contributed by atoms with E-state index < -0.39 is 5.60 Å². The van der Waals surface area contributed by atoms with E-state index in [0.29, 0.717) is 12.5 Å². The second-order valence-corrected chi connectivity index (χ2v) is 10.5. The lowest BCUT2D eigenvalue weighted by Gasteiger charge is -2.40. The zero-order valence-corrected chi connectivity index (χ0v) is 19.7. The van der Waals surface area contributed by atoms with Crippen LogP contribution >= 0.6 is 11.3 Å². The molecule has 9 heteroatoms. The third-order valence-electron chi connectivity index (χ3n) is 5.77. The molecule has 1 amide bonds. The summed E-state index contributed by atoms with van der Waals surface area (Å²) < 4.78 is 11.0. The number of imidazole rings is 1. The van der Waals surface area contributed by atoms with Crippen molar-refractivity contribution in [3.8, 4) is 11.5 Å². The molecule has 0 radical (unpaired) electrons. The number of carbonyl (C=O) groups excluding carboxylic acids is 1. The van der Waals surface area contributed by atoms with Crippen molar-refractivity contribution in [2.75, 3.05) is 37.7 Å². The van der Waals surface area contributed by atoms with Crippen LogP contribution in [0.3, 0.4) is 0 Å². The molecule has 2 fully saturated rings. The van der Waals surface area contributed by atoms with Gasteiger partial charge < -0.3 is 24.3 Å². The number of benzene rings is 1. The van der Waals surface area contributed by atoms with Crippen LogP contribution in [-0.4, -0.2) is 70.4 Å². The van der Waals surface area contributed by atoms with Crippen LogP contribution in [0, 0.1) is 0 Å². The predicted molar refractivity (Wildman–Crippen MR) is 125 cm³/mol. The highest BCUT2D eigenvalue weighted by atomic mass is 32.1. The number of thiazole rings is 1. The van der Waals surface area contributed by atoms with Gasteiger partial charge in [0.05, 0.1) is 30.2 Å². The van der Waals surface area contributed by atoms with E-state index in [1.165, 1.54) is 0 Å². The molecule has 1 aromatic carbocycles. The summed E-state index contributed by atoms with van der Waals surface area (Å²) in [6, 6.07) is 8.05. The summed E-state index contributed by atoms with van der Waals surface area (Å²) in [4.78, 5) is 30.0. The maximum Gasteiger partial charge on any atom is 0.410 e. The highest BCUT2D eigenvalue weighted by Gasteiger charge is 2.34. The minimum absolute atomic E-state index is 0.0275. The van der Waals surface area contributed by atoms with Gasteiger partial charge in [-0.15, -0.1) is 11.3 Å². The Balaban J connectivity index is 1.43. The number of amides is 1. The quantitative estimate of drug-likeness (QED) is 0.636. The number of para-hydroxylation sites is 2. The number of anilines is 1. The second-order valence-electron chi connectivity index (χ2n) is 9.51. The van der Waals surface area contributed by atoms with Gasteiger partial charge in [0.25, 0.3) is 0 Å². The predicted octanol–water partition coefficient (Wildman–Crippen LogP) is 4.25. The average molecular weight is 456 g/mol. The van der Waals surface area contributed by atoms with E-state index in [-0.39, 0.29) is 12.1 Å². The largest absolute Gasteiger partial charge is 0.444 e. The normalized spacial score (nSPS) is 19.9. The van der Waals surface area contributed by atoms with Crippen molar-refractivity contribution in [3.05, 3.63) is 29.3 Å². The van der Waals surface area contributed by atoms with Gasteiger partial charge in [0.15, 0.2) is 5.82 Å². The first kappa shape index (κ1) is 21.2. The molecule has 2 aromatic heterocycles. The van der Waals surface area contributed by atoms with Crippen molar-refractivity contribution in [1.29, 1.82) is 0 Å². The lowest BCUT2D eigenvalue weighted by atomic mass is 10.1. The number of aromatic nitrogens is 3. The van der Waals surface area contributed by atoms with Gasteiger partial charge in [-0.2, -0.15) is 0 Å². The molecule has 0 aliphatic carbocycles. The number of carbonyl (C=O) groups is 1. The molecule has 4 heterocycles. The average Bonchev–Trinajstić information content (AvgIpc) is 3.29. The summed E-state index contributed by atoms with van der Waals surface area (Å²) in [6.45, 7) is 11.2. The van der Waals surface area contributed by atoms with Crippen LogP contribution in [-0.2, 0) is 9.47 Å². The van der Waals surface area contributed by atoms with E-state index in [0.717, 1.165) is 58.9 Å². The molecule has 0 bridgehead atoms. The van der Waals surface area contributed by atoms with E-state index >= 15 is 0 Å². The van der Waals surface area contributed by atoms with Gasteiger partial charge in [-0.3, -0.25) is 0 Å². The number of nitrogens with one attached hydrogen (secondary N) is 1. The number of ether oxygens (including phenoxy) is 2. The smallest absolute Gasteiger partial charge is 0.410 e. The molecule has 2 aliphatic heterocycles. The van der Waals surface area contributed by atoms with Crippen LogP contribution in [0.1, 0.15) is 38.6 Å². The molecule has 5 rings (SSSR count). The number of H-pyrrole nitrogens is 1. The van der Waals surface area contributed by atoms with E-state index in [1.54, 1.807) is 11.3 Å². The van der Waals surface area contributed by atoms with Crippen molar-refractivity contribution in [3.63, 3.8) is 0 Å². The topological polar surface area (TPSA) is 83.6 Å². The highest BCUT2D eigenvalue weighted by Crippen LogP contribution is 2.41. The van der Waals surface area contributed by atoms with Gasteiger partial charge in [0.1, 0.15) is 21.3 Å². The SMILES string of the molecule is C[C@@H]1CN(c2sc(C3COC3)nc2-c2nc3ccccc3[nH]2)CCN1C(=O)OC(C)(C)C. The number of hydrogen-bond donors (Lipinski definition) is 1. The highest BCUT2D eigenvalue weighted by molar-refractivity contribution is 7.16. The Hall–Kier alpha value is -2.65. The first-order chi connectivity index (χ1) is 15.3. The fraction of sp³-hybridized carbons (Fsp3) is 0.522. The Morgan fingerprint density at radius 3 is 2.66 bits per heavy atom. The Kier molecular flexibility index (Phi) is 5.33. The third-order valence-corrected chi connectivity index (χ3v) is 7.05. The molecule has 2 saturated heterocycles. The molecule has 1 atom stereocenters. The number of aromatic amines is 1. The molecule has 3 aromatic rings. The summed E-state index contributed by atoms with van der Waals surface area (Å²) in [7, 11) is 0. The number of hydrogen-bond acceptors (Lipinski definition) is 7. The van der Waals surface area contributed by atoms with Crippen LogP contribution in [0.5, 0.6) is 0 Å². The summed E-state index contributed by atoms with van der Waals surface area (Å²) in [5, 5.41) is 2.19. The molecule has 0 saturated carbocycles. The van der Waals surface area contributed by atoms with Crippen molar-refractivity contribution < 1.29 is 14.3 Å². The molecule has 0 unspecified atom stereocenters. The first-order valence-electron chi connectivity index (χ1n) is 11.1. The Bertz CT molecular complexity index is 1100. The van der Waals surface area contributed by atoms with Gasteiger partial charge in [0.2, 0.25) is 0 Å². The monoisotopic (exact) mass is 455 g/mol. The summed E-state index contributed by atoms with van der Waals surface area (Å²) in [5.41, 5.74) is 2.31. The molecule has 0 spiro atoms. The van der Waals surface area contributed by atoms with Gasteiger partial charge in [0, 0.05) is 25.7 Å². The number of rotatable bonds is 3. The maximum absolute atomic E-state index is 12.6. The fourth-order valence-electron chi connectivity index (χ4n) is 4.05. The molecule has 1 N–H and O–H groups in total. The fourth-order valence-corrected chi connectivity index (χ4v) is 5.22. The zero-order chi connectivity index (χ0) is 22.5. The molecule has 8 nitrogen and oxygen atoms in total. The van der Waals surface area contributed by atoms with E-state index in [1.807, 2.05) is 49.9 Å². The first-order valence-corrected chi connectivity index (χ1v) is 11.9. The van der Waals surface area contributed by atoms with Gasteiger partial charge in [-0.1, -0.05) is 12.1 Å². The van der Waals surface area contributed by atoms with Gasteiger partial charge in [-0.05, 0) is 39.8 Å². The molecule has 2 aliphatic rings. The van der Waals surface area contributed by atoms with Crippen molar-refractivity contribution >= 4 is 33.5 Å². The number of nitrogens with zero attached hydrogens (tertiary/aromatic N) is 4. The minimum Gasteiger partial charge on any atom is -0.444 e. The lowest BCUT2D eigenvalue weighted by Crippen LogP contribution is -2.55. The molecular formula is C23H29N5O3S. The Morgan fingerprint density at radius 2 is 2.00 bits per heavy atom. The van der Waals surface area contributed by atoms with Crippen LogP contribution in [0.4, 0.5) is 9.80 Å². The number of fused-ring (bicyclic) bond motifs is 1. The molecular weight excluding hydrogens is 426 g/mol. The Morgan fingerprint density at radius 1 is 1.22 bits per heavy atom. The van der Waals surface area contributed by atoms with Crippen LogP contribution in [0.2, 0.25) is 0 Å². The maximum atomic E-state index is 12.6. The summed E-state index contributed by atoms with van der Waals surface area (Å²) in [5.74, 6) is 1.13. The van der Waals surface area contributed by atoms with Crippen LogP contribution < -0.4 is 4.90 Å². The van der Waals surface area contributed by atoms with Crippen LogP contribution in [0.15, 0.2) is 24.3 Å². The third kappa shape index (κ3) is 4.06. The van der Waals surface area contributed by atoms with Crippen molar-refractivity contribution in [2.45, 2.75) is 45.3 Å². The number of piperazine rings is 1. The summed E-state index contributed by atoms with van der Waals surface area (Å²) >= 11 is 1.72. The van der Waals surface area contributed by atoms with Gasteiger partial charge in [-0.25, -0.2) is 14.8 Å². The zero-order valence-electron chi connectivity index (χ0n) is 18.9. The molecule has 32 heavy (non-hydrogen) atoms. The van der Waals surface area contributed by atoms with Crippen molar-refractivity contribution in [2.24, 2.45) is 0 Å². The Labute approximate surface area is 191 Å². The van der Waals surface area contributed by atoms with E-state index in [2.05, 4.69) is 16.8 Å². The molecule has 170 valence electrons.